The fourth-order valence-electron chi connectivity index (χ4n) is 1.30. The molecule has 0 unspecified atom stereocenters. The van der Waals surface area contributed by atoms with Crippen molar-refractivity contribution in [1.29, 1.82) is 0 Å². The van der Waals surface area contributed by atoms with E-state index in [0.29, 0.717) is 0 Å². The van der Waals surface area contributed by atoms with Gasteiger partial charge in [-0.1, -0.05) is 26.2 Å². The molecule has 0 fully saturated rings. The molecule has 4 nitrogen and oxygen atoms in total. The summed E-state index contributed by atoms with van der Waals surface area (Å²) in [6.45, 7) is 2.98. The van der Waals surface area contributed by atoms with Gasteiger partial charge in [0, 0.05) is 12.7 Å². The van der Waals surface area contributed by atoms with Crippen molar-refractivity contribution in [3.05, 3.63) is 18.0 Å². The van der Waals surface area contributed by atoms with Crippen molar-refractivity contribution in [2.75, 3.05) is 0 Å². The summed E-state index contributed by atoms with van der Waals surface area (Å²) >= 11 is 0. The van der Waals surface area contributed by atoms with Gasteiger partial charge in [0.2, 0.25) is 0 Å². The molecule has 1 heterocycles. The lowest BCUT2D eigenvalue weighted by Gasteiger charge is -1.99. The summed E-state index contributed by atoms with van der Waals surface area (Å²) in [4.78, 5) is 10.5. The molecule has 1 rings (SSSR count). The second-order valence-electron chi connectivity index (χ2n) is 3.36. The molecule has 14 heavy (non-hydrogen) atoms. The van der Waals surface area contributed by atoms with Crippen molar-refractivity contribution in [3.63, 3.8) is 0 Å². The normalized spacial score (nSPS) is 10.4. The van der Waals surface area contributed by atoms with Gasteiger partial charge in [-0.15, -0.1) is 0 Å². The van der Waals surface area contributed by atoms with Crippen LogP contribution in [0, 0.1) is 0 Å². The van der Waals surface area contributed by atoms with Crippen LogP contribution < -0.4 is 0 Å². The monoisotopic (exact) mass is 196 g/mol. The summed E-state index contributed by atoms with van der Waals surface area (Å²) in [5.74, 6) is -0.912. The third kappa shape index (κ3) is 3.20. The summed E-state index contributed by atoms with van der Waals surface area (Å²) in [5.41, 5.74) is 0.264. The first-order chi connectivity index (χ1) is 6.74. The zero-order valence-electron chi connectivity index (χ0n) is 8.44. The standard InChI is InChI=1S/C10H16N2O2/c1-2-3-4-5-6-12-8-9(7-11-12)10(13)14/h7-8H,2-6H2,1H3,(H,13,14). The Bertz CT molecular complexity index is 294. The number of nitrogens with zero attached hydrogens (tertiary/aromatic N) is 2. The number of rotatable bonds is 6. The smallest absolute Gasteiger partial charge is 0.338 e. The number of aromatic nitrogens is 2. The third-order valence-corrected chi connectivity index (χ3v) is 2.12. The molecule has 0 saturated carbocycles. The molecule has 0 saturated heterocycles. The molecule has 0 bridgehead atoms. The van der Waals surface area contributed by atoms with Crippen molar-refractivity contribution >= 4 is 5.97 Å². The van der Waals surface area contributed by atoms with Crippen LogP contribution in [-0.2, 0) is 6.54 Å². The Morgan fingerprint density at radius 2 is 2.29 bits per heavy atom. The Labute approximate surface area is 83.5 Å². The molecule has 0 radical (unpaired) electrons. The van der Waals surface area contributed by atoms with E-state index < -0.39 is 5.97 Å². The maximum Gasteiger partial charge on any atom is 0.338 e. The van der Waals surface area contributed by atoms with Gasteiger partial charge in [0.15, 0.2) is 0 Å². The number of unbranched alkanes of at least 4 members (excludes halogenated alkanes) is 3. The van der Waals surface area contributed by atoms with Gasteiger partial charge in [-0.05, 0) is 6.42 Å². The molecule has 0 atom stereocenters. The summed E-state index contributed by atoms with van der Waals surface area (Å²) < 4.78 is 1.69. The molecule has 0 aliphatic rings. The van der Waals surface area contributed by atoms with E-state index in [1.54, 1.807) is 10.9 Å². The predicted octanol–water partition coefficient (Wildman–Crippen LogP) is 2.16. The van der Waals surface area contributed by atoms with E-state index >= 15 is 0 Å². The van der Waals surface area contributed by atoms with Crippen LogP contribution in [0.5, 0.6) is 0 Å². The first kappa shape index (κ1) is 10.8. The summed E-state index contributed by atoms with van der Waals surface area (Å²) in [7, 11) is 0. The molecule has 0 amide bonds. The van der Waals surface area contributed by atoms with Gasteiger partial charge in [-0.2, -0.15) is 5.10 Å². The Hall–Kier alpha value is -1.32. The van der Waals surface area contributed by atoms with Crippen LogP contribution in [0.25, 0.3) is 0 Å². The molecular weight excluding hydrogens is 180 g/mol. The third-order valence-electron chi connectivity index (χ3n) is 2.12. The van der Waals surface area contributed by atoms with E-state index in [4.69, 9.17) is 5.11 Å². The van der Waals surface area contributed by atoms with Gasteiger partial charge < -0.3 is 5.11 Å². The Morgan fingerprint density at radius 1 is 1.50 bits per heavy atom. The minimum atomic E-state index is -0.912. The molecular formula is C10H16N2O2. The fourth-order valence-corrected chi connectivity index (χ4v) is 1.30. The Balaban J connectivity index is 2.33. The van der Waals surface area contributed by atoms with Crippen molar-refractivity contribution in [1.82, 2.24) is 9.78 Å². The number of aromatic carboxylic acids is 1. The van der Waals surface area contributed by atoms with Crippen molar-refractivity contribution < 1.29 is 9.90 Å². The number of hydrogen-bond acceptors (Lipinski definition) is 2. The van der Waals surface area contributed by atoms with E-state index in [1.807, 2.05) is 0 Å². The maximum absolute atomic E-state index is 10.5. The molecule has 1 aromatic heterocycles. The SMILES string of the molecule is CCCCCCn1cc(C(=O)O)cn1. The minimum absolute atomic E-state index is 0.264. The van der Waals surface area contributed by atoms with Gasteiger partial charge in [0.05, 0.1) is 11.8 Å². The highest BCUT2D eigenvalue weighted by Gasteiger charge is 2.04. The minimum Gasteiger partial charge on any atom is -0.478 e. The zero-order valence-corrected chi connectivity index (χ0v) is 8.44. The number of aryl methyl sites for hydroxylation is 1. The van der Waals surface area contributed by atoms with Crippen LogP contribution in [-0.4, -0.2) is 20.9 Å². The molecule has 4 heteroatoms. The average molecular weight is 196 g/mol. The Morgan fingerprint density at radius 3 is 2.86 bits per heavy atom. The van der Waals surface area contributed by atoms with Gasteiger partial charge >= 0.3 is 5.97 Å². The van der Waals surface area contributed by atoms with Crippen molar-refractivity contribution in [2.24, 2.45) is 0 Å². The van der Waals surface area contributed by atoms with E-state index in [0.717, 1.165) is 13.0 Å². The summed E-state index contributed by atoms with van der Waals surface area (Å²) in [5, 5.41) is 12.6. The topological polar surface area (TPSA) is 55.1 Å². The predicted molar refractivity (Wildman–Crippen MR) is 53.3 cm³/mol. The lowest BCUT2D eigenvalue weighted by Crippen LogP contribution is -1.98. The second kappa shape index (κ2) is 5.42. The largest absolute Gasteiger partial charge is 0.478 e. The molecule has 0 aliphatic heterocycles. The lowest BCUT2D eigenvalue weighted by atomic mass is 10.2. The zero-order chi connectivity index (χ0) is 10.4. The molecule has 78 valence electrons. The fraction of sp³-hybridized carbons (Fsp3) is 0.600. The number of hydrogen-bond donors (Lipinski definition) is 1. The number of carbonyl (C=O) groups is 1. The highest BCUT2D eigenvalue weighted by Crippen LogP contribution is 2.03. The molecule has 1 N–H and O–H groups in total. The van der Waals surface area contributed by atoms with Crippen LogP contribution in [0.4, 0.5) is 0 Å². The highest BCUT2D eigenvalue weighted by molar-refractivity contribution is 5.86. The summed E-state index contributed by atoms with van der Waals surface area (Å²) in [6, 6.07) is 0. The second-order valence-corrected chi connectivity index (χ2v) is 3.36. The van der Waals surface area contributed by atoms with E-state index in [2.05, 4.69) is 12.0 Å². The first-order valence-electron chi connectivity index (χ1n) is 4.99. The number of carboxylic acids is 1. The first-order valence-corrected chi connectivity index (χ1v) is 4.99. The van der Waals surface area contributed by atoms with E-state index in [-0.39, 0.29) is 5.56 Å². The van der Waals surface area contributed by atoms with Gasteiger partial charge in [-0.3, -0.25) is 4.68 Å². The number of carboxylic acid groups (broad SMARTS) is 1. The quantitative estimate of drug-likeness (QED) is 0.709. The van der Waals surface area contributed by atoms with Crippen molar-refractivity contribution in [2.45, 2.75) is 39.2 Å². The highest BCUT2D eigenvalue weighted by atomic mass is 16.4. The summed E-state index contributed by atoms with van der Waals surface area (Å²) in [6.07, 6.45) is 7.65. The molecule has 0 aliphatic carbocycles. The van der Waals surface area contributed by atoms with Crippen LogP contribution in [0.15, 0.2) is 12.4 Å². The van der Waals surface area contributed by atoms with Crippen LogP contribution in [0.2, 0.25) is 0 Å². The molecule has 1 aromatic rings. The van der Waals surface area contributed by atoms with Crippen LogP contribution >= 0.6 is 0 Å². The van der Waals surface area contributed by atoms with Crippen LogP contribution in [0.3, 0.4) is 0 Å². The van der Waals surface area contributed by atoms with Gasteiger partial charge in [0.25, 0.3) is 0 Å². The Kier molecular flexibility index (Phi) is 4.16. The van der Waals surface area contributed by atoms with Crippen LogP contribution in [0.1, 0.15) is 43.0 Å². The lowest BCUT2D eigenvalue weighted by molar-refractivity contribution is 0.0697. The van der Waals surface area contributed by atoms with E-state index in [9.17, 15) is 4.79 Å². The van der Waals surface area contributed by atoms with Gasteiger partial charge in [-0.25, -0.2) is 4.79 Å². The van der Waals surface area contributed by atoms with Gasteiger partial charge in [0.1, 0.15) is 0 Å². The molecule has 0 aromatic carbocycles. The van der Waals surface area contributed by atoms with Crippen molar-refractivity contribution in [3.8, 4) is 0 Å². The van der Waals surface area contributed by atoms with E-state index in [1.165, 1.54) is 25.5 Å². The maximum atomic E-state index is 10.5. The average Bonchev–Trinajstić information content (AvgIpc) is 2.61. The molecule has 0 spiro atoms.